The topological polar surface area (TPSA) is 50.8 Å². The van der Waals surface area contributed by atoms with Crippen molar-refractivity contribution >= 4 is 22.4 Å². The van der Waals surface area contributed by atoms with Crippen LogP contribution >= 0.6 is 0 Å². The van der Waals surface area contributed by atoms with E-state index in [9.17, 15) is 4.79 Å². The third-order valence-corrected chi connectivity index (χ3v) is 5.87. The molecule has 0 aliphatic carbocycles. The van der Waals surface area contributed by atoms with Gasteiger partial charge in [0.15, 0.2) is 11.5 Å². The average Bonchev–Trinajstić information content (AvgIpc) is 3.18. The van der Waals surface area contributed by atoms with Crippen molar-refractivity contribution in [3.05, 3.63) is 66.2 Å². The Kier molecular flexibility index (Phi) is 3.98. The van der Waals surface area contributed by atoms with E-state index in [2.05, 4.69) is 52.7 Å². The third-order valence-electron chi connectivity index (χ3n) is 5.87. The largest absolute Gasteiger partial charge is 0.454 e. The van der Waals surface area contributed by atoms with Crippen LogP contribution in [0.3, 0.4) is 0 Å². The molecule has 0 saturated carbocycles. The molecule has 0 spiro atoms. The number of amides is 1. The fourth-order valence-electron chi connectivity index (χ4n) is 3.91. The Morgan fingerprint density at radius 3 is 2.68 bits per heavy atom. The quantitative estimate of drug-likeness (QED) is 0.745. The van der Waals surface area contributed by atoms with Crippen LogP contribution < -0.4 is 14.8 Å². The molecule has 5 nitrogen and oxygen atoms in total. The lowest BCUT2D eigenvalue weighted by atomic mass is 9.85. The van der Waals surface area contributed by atoms with Gasteiger partial charge in [-0.05, 0) is 47.9 Å². The van der Waals surface area contributed by atoms with Gasteiger partial charge in [-0.25, -0.2) is 0 Å². The summed E-state index contributed by atoms with van der Waals surface area (Å²) in [7, 11) is 0. The van der Waals surface area contributed by atoms with Crippen molar-refractivity contribution in [1.82, 2.24) is 4.90 Å². The summed E-state index contributed by atoms with van der Waals surface area (Å²) in [5, 5.41) is 5.51. The molecule has 5 heteroatoms. The summed E-state index contributed by atoms with van der Waals surface area (Å²) >= 11 is 0. The highest BCUT2D eigenvalue weighted by molar-refractivity contribution is 5.98. The van der Waals surface area contributed by atoms with Crippen molar-refractivity contribution in [3.63, 3.8) is 0 Å². The predicted molar refractivity (Wildman–Crippen MR) is 109 cm³/mol. The van der Waals surface area contributed by atoms with Crippen LogP contribution in [0.4, 0.5) is 5.69 Å². The van der Waals surface area contributed by atoms with Crippen molar-refractivity contribution in [1.29, 1.82) is 0 Å². The molecular weight excluding hydrogens is 352 g/mol. The van der Waals surface area contributed by atoms with E-state index >= 15 is 0 Å². The number of anilines is 1. The predicted octanol–water partition coefficient (Wildman–Crippen LogP) is 4.17. The Balaban J connectivity index is 1.30. The van der Waals surface area contributed by atoms with E-state index in [-0.39, 0.29) is 12.7 Å². The maximum Gasteiger partial charge on any atom is 0.244 e. The fraction of sp³-hybridized carbons (Fsp3) is 0.261. The second kappa shape index (κ2) is 6.53. The molecule has 0 bridgehead atoms. The fourth-order valence-corrected chi connectivity index (χ4v) is 3.91. The van der Waals surface area contributed by atoms with Crippen LogP contribution in [0.25, 0.3) is 10.8 Å². The number of benzene rings is 3. The normalized spacial score (nSPS) is 20.8. The minimum absolute atomic E-state index is 0.0124. The lowest BCUT2D eigenvalue weighted by Crippen LogP contribution is -2.63. The second-order valence-electron chi connectivity index (χ2n) is 7.65. The highest BCUT2D eigenvalue weighted by atomic mass is 16.7. The summed E-state index contributed by atoms with van der Waals surface area (Å²) in [5.41, 5.74) is 1.44. The number of carbonyl (C=O) groups is 1. The van der Waals surface area contributed by atoms with E-state index < -0.39 is 5.54 Å². The van der Waals surface area contributed by atoms with Gasteiger partial charge >= 0.3 is 0 Å². The molecule has 28 heavy (non-hydrogen) atoms. The van der Waals surface area contributed by atoms with E-state index in [1.807, 2.05) is 25.1 Å². The zero-order valence-corrected chi connectivity index (χ0v) is 15.8. The monoisotopic (exact) mass is 374 g/mol. The lowest BCUT2D eigenvalue weighted by molar-refractivity contribution is -0.136. The first-order valence-electron chi connectivity index (χ1n) is 9.56. The molecule has 5 rings (SSSR count). The first-order valence-corrected chi connectivity index (χ1v) is 9.56. The van der Waals surface area contributed by atoms with Gasteiger partial charge in [0.1, 0.15) is 0 Å². The number of ether oxygens (including phenoxy) is 2. The average molecular weight is 374 g/mol. The van der Waals surface area contributed by atoms with Crippen LogP contribution in [-0.2, 0) is 11.3 Å². The van der Waals surface area contributed by atoms with Gasteiger partial charge in [-0.15, -0.1) is 0 Å². The van der Waals surface area contributed by atoms with Gasteiger partial charge in [-0.3, -0.25) is 9.69 Å². The summed E-state index contributed by atoms with van der Waals surface area (Å²) in [6, 6.07) is 20.3. The Labute approximate surface area is 163 Å². The van der Waals surface area contributed by atoms with E-state index in [1.165, 1.54) is 16.3 Å². The van der Waals surface area contributed by atoms with Crippen LogP contribution in [0.1, 0.15) is 18.9 Å². The van der Waals surface area contributed by atoms with E-state index in [1.54, 1.807) is 0 Å². The first-order chi connectivity index (χ1) is 13.6. The van der Waals surface area contributed by atoms with Gasteiger partial charge in [0.25, 0.3) is 0 Å². The van der Waals surface area contributed by atoms with Gasteiger partial charge in [-0.2, -0.15) is 0 Å². The molecule has 1 unspecified atom stereocenters. The second-order valence-corrected chi connectivity index (χ2v) is 7.65. The van der Waals surface area contributed by atoms with Crippen LogP contribution in [-0.4, -0.2) is 29.7 Å². The molecule has 3 aromatic rings. The van der Waals surface area contributed by atoms with Crippen LogP contribution in [0.5, 0.6) is 11.5 Å². The number of carbonyl (C=O) groups excluding carboxylic acids is 1. The van der Waals surface area contributed by atoms with E-state index in [0.717, 1.165) is 25.2 Å². The number of fused-ring (bicyclic) bond motifs is 2. The molecule has 1 saturated heterocycles. The summed E-state index contributed by atoms with van der Waals surface area (Å²) in [4.78, 5) is 15.2. The summed E-state index contributed by atoms with van der Waals surface area (Å²) in [6.45, 7) is 3.91. The molecule has 1 atom stereocenters. The summed E-state index contributed by atoms with van der Waals surface area (Å²) in [5.74, 6) is 1.40. The number of hydrogen-bond acceptors (Lipinski definition) is 4. The van der Waals surface area contributed by atoms with Gasteiger partial charge in [-0.1, -0.05) is 36.4 Å². The Bertz CT molecular complexity index is 1060. The number of nitrogens with one attached hydrogen (secondary N) is 1. The molecule has 1 N–H and O–H groups in total. The third kappa shape index (κ3) is 2.88. The molecule has 2 aliphatic heterocycles. The van der Waals surface area contributed by atoms with Gasteiger partial charge in [0.05, 0.1) is 5.54 Å². The zero-order valence-electron chi connectivity index (χ0n) is 15.8. The molecular formula is C23H22N2O3. The minimum Gasteiger partial charge on any atom is -0.454 e. The molecule has 1 fully saturated rings. The lowest BCUT2D eigenvalue weighted by Gasteiger charge is -2.49. The van der Waals surface area contributed by atoms with Crippen molar-refractivity contribution in [3.8, 4) is 11.5 Å². The highest BCUT2D eigenvalue weighted by Gasteiger charge is 2.46. The van der Waals surface area contributed by atoms with Crippen molar-refractivity contribution in [2.75, 3.05) is 18.7 Å². The molecule has 2 heterocycles. The molecule has 142 valence electrons. The molecule has 3 aromatic carbocycles. The molecule has 0 aromatic heterocycles. The van der Waals surface area contributed by atoms with E-state index in [0.29, 0.717) is 11.5 Å². The van der Waals surface area contributed by atoms with Crippen molar-refractivity contribution in [2.24, 2.45) is 0 Å². The zero-order chi connectivity index (χ0) is 19.1. The number of rotatable bonds is 4. The Morgan fingerprint density at radius 1 is 1.04 bits per heavy atom. The van der Waals surface area contributed by atoms with Crippen molar-refractivity contribution < 1.29 is 14.3 Å². The van der Waals surface area contributed by atoms with Gasteiger partial charge in [0.2, 0.25) is 12.7 Å². The van der Waals surface area contributed by atoms with E-state index in [4.69, 9.17) is 9.47 Å². The maximum atomic E-state index is 13.0. The summed E-state index contributed by atoms with van der Waals surface area (Å²) in [6.07, 6.45) is 0.844. The minimum atomic E-state index is -0.512. The number of likely N-dealkylation sites (tertiary alicyclic amines) is 1. The van der Waals surface area contributed by atoms with Crippen LogP contribution in [0, 0.1) is 0 Å². The molecule has 1 amide bonds. The van der Waals surface area contributed by atoms with Crippen LogP contribution in [0.15, 0.2) is 60.7 Å². The highest BCUT2D eigenvalue weighted by Crippen LogP contribution is 2.36. The van der Waals surface area contributed by atoms with Crippen molar-refractivity contribution in [2.45, 2.75) is 25.4 Å². The maximum absolute atomic E-state index is 13.0. The number of hydrogen-bond donors (Lipinski definition) is 1. The Morgan fingerprint density at radius 2 is 1.86 bits per heavy atom. The molecule has 0 radical (unpaired) electrons. The van der Waals surface area contributed by atoms with Gasteiger partial charge < -0.3 is 14.8 Å². The summed E-state index contributed by atoms with van der Waals surface area (Å²) < 4.78 is 10.7. The number of nitrogens with zero attached hydrogens (tertiary/aromatic N) is 1. The molecule has 2 aliphatic rings. The van der Waals surface area contributed by atoms with Crippen LogP contribution in [0.2, 0.25) is 0 Å². The van der Waals surface area contributed by atoms with Gasteiger partial charge in [0, 0.05) is 24.8 Å². The Hall–Kier alpha value is -3.05. The first kappa shape index (κ1) is 17.1. The standard InChI is InChI=1S/C23H22N2O3/c1-23(22(26)24-19-8-9-20-21(13-19)28-15-27-20)10-11-25(23)14-16-6-7-17-4-2-3-5-18(17)12-16/h2-9,12-13H,10-11,14-15H2,1H3,(H,24,26). The smallest absolute Gasteiger partial charge is 0.244 e. The SMILES string of the molecule is CC1(C(=O)Nc2ccc3c(c2)OCO3)CCN1Cc1ccc2ccccc2c1.